The molecule has 0 radical (unpaired) electrons. The Labute approximate surface area is 168 Å². The fourth-order valence-corrected chi connectivity index (χ4v) is 3.12. The Morgan fingerprint density at radius 3 is 2.14 bits per heavy atom. The Kier molecular flexibility index (Phi) is 7.74. The molecule has 0 spiro atoms. The predicted molar refractivity (Wildman–Crippen MR) is 105 cm³/mol. The van der Waals surface area contributed by atoms with Gasteiger partial charge in [-0.3, -0.25) is 4.79 Å². The lowest BCUT2D eigenvalue weighted by atomic mass is 9.78. The van der Waals surface area contributed by atoms with Gasteiger partial charge < -0.3 is 24.4 Å². The van der Waals surface area contributed by atoms with Crippen molar-refractivity contribution in [2.24, 2.45) is 11.3 Å². The van der Waals surface area contributed by atoms with Gasteiger partial charge in [0.2, 0.25) is 0 Å². The van der Waals surface area contributed by atoms with E-state index in [1.807, 2.05) is 0 Å². The topological polar surface area (TPSA) is 94.2 Å². The zero-order valence-electron chi connectivity index (χ0n) is 18.5. The molecule has 2 amide bonds. The number of alkyl carbamates (subject to hydrolysis) is 1. The number of carbonyl (C=O) groups is 3. The van der Waals surface area contributed by atoms with Gasteiger partial charge in [0.15, 0.2) is 0 Å². The SMILES string of the molecule is CCOC(=O)C1(C)CN(C(=O)OC(C)(C)C)CC1CCNC(=O)OC(C)(C)C. The lowest BCUT2D eigenvalue weighted by Crippen LogP contribution is -2.40. The predicted octanol–water partition coefficient (Wildman–Crippen LogP) is 3.34. The molecule has 0 bridgehead atoms. The molecular weight excluding hydrogens is 364 g/mol. The molecule has 2 atom stereocenters. The van der Waals surface area contributed by atoms with Crippen molar-refractivity contribution < 1.29 is 28.6 Å². The standard InChI is InChI=1S/C20H36N2O6/c1-9-26-15(23)20(8)13-22(17(25)28-19(5,6)7)12-14(20)10-11-21-16(24)27-18(2,3)4/h14H,9-13H2,1-8H3,(H,21,24). The number of rotatable bonds is 5. The molecule has 28 heavy (non-hydrogen) atoms. The summed E-state index contributed by atoms with van der Waals surface area (Å²) in [4.78, 5) is 38.5. The molecule has 1 fully saturated rings. The fraction of sp³-hybridized carbons (Fsp3) is 0.850. The Balaban J connectivity index is 2.79. The molecule has 0 aromatic heterocycles. The Bertz CT molecular complexity index is 578. The van der Waals surface area contributed by atoms with Crippen LogP contribution in [-0.2, 0) is 19.0 Å². The number of hydrogen-bond acceptors (Lipinski definition) is 6. The van der Waals surface area contributed by atoms with Crippen molar-refractivity contribution in [2.45, 2.75) is 73.0 Å². The van der Waals surface area contributed by atoms with Crippen LogP contribution in [0.3, 0.4) is 0 Å². The van der Waals surface area contributed by atoms with Crippen LogP contribution in [0, 0.1) is 11.3 Å². The van der Waals surface area contributed by atoms with E-state index in [0.29, 0.717) is 19.5 Å². The van der Waals surface area contributed by atoms with Crippen LogP contribution < -0.4 is 5.32 Å². The molecule has 8 nitrogen and oxygen atoms in total. The minimum absolute atomic E-state index is 0.172. The monoisotopic (exact) mass is 400 g/mol. The largest absolute Gasteiger partial charge is 0.466 e. The first-order valence-corrected chi connectivity index (χ1v) is 9.80. The average molecular weight is 401 g/mol. The van der Waals surface area contributed by atoms with Crippen molar-refractivity contribution in [1.82, 2.24) is 10.2 Å². The molecule has 2 unspecified atom stereocenters. The van der Waals surface area contributed by atoms with Crippen LogP contribution in [0.5, 0.6) is 0 Å². The Morgan fingerprint density at radius 1 is 1.07 bits per heavy atom. The third kappa shape index (κ3) is 7.20. The van der Waals surface area contributed by atoms with E-state index in [-0.39, 0.29) is 25.0 Å². The third-order valence-corrected chi connectivity index (χ3v) is 4.42. The van der Waals surface area contributed by atoms with Crippen LogP contribution in [0.25, 0.3) is 0 Å². The van der Waals surface area contributed by atoms with Crippen LogP contribution in [-0.4, -0.2) is 60.5 Å². The molecule has 1 heterocycles. The van der Waals surface area contributed by atoms with Gasteiger partial charge in [0.1, 0.15) is 11.2 Å². The van der Waals surface area contributed by atoms with Crippen LogP contribution in [0.2, 0.25) is 0 Å². The smallest absolute Gasteiger partial charge is 0.410 e. The van der Waals surface area contributed by atoms with E-state index in [1.165, 1.54) is 0 Å². The number of nitrogens with one attached hydrogen (secondary N) is 1. The first-order valence-electron chi connectivity index (χ1n) is 9.80. The zero-order valence-corrected chi connectivity index (χ0v) is 18.5. The van der Waals surface area contributed by atoms with E-state index in [1.54, 1.807) is 60.3 Å². The Morgan fingerprint density at radius 2 is 1.64 bits per heavy atom. The van der Waals surface area contributed by atoms with Crippen LogP contribution >= 0.6 is 0 Å². The second-order valence-electron chi connectivity index (χ2n) is 9.41. The number of likely N-dealkylation sites (tertiary alicyclic amines) is 1. The summed E-state index contributed by atoms with van der Waals surface area (Å²) in [5.74, 6) is -0.516. The summed E-state index contributed by atoms with van der Waals surface area (Å²) >= 11 is 0. The van der Waals surface area contributed by atoms with Crippen LogP contribution in [0.1, 0.15) is 61.8 Å². The highest BCUT2D eigenvalue weighted by Gasteiger charge is 2.51. The van der Waals surface area contributed by atoms with E-state index in [4.69, 9.17) is 14.2 Å². The molecule has 1 rings (SSSR count). The van der Waals surface area contributed by atoms with Gasteiger partial charge in [0.05, 0.1) is 12.0 Å². The maximum atomic E-state index is 12.6. The first kappa shape index (κ1) is 24.0. The lowest BCUT2D eigenvalue weighted by Gasteiger charge is -2.28. The van der Waals surface area contributed by atoms with Gasteiger partial charge in [-0.05, 0) is 67.7 Å². The summed E-state index contributed by atoms with van der Waals surface area (Å²) in [6, 6.07) is 0. The second kappa shape index (κ2) is 9.01. The van der Waals surface area contributed by atoms with Gasteiger partial charge in [0.25, 0.3) is 0 Å². The minimum atomic E-state index is -0.859. The fourth-order valence-electron chi connectivity index (χ4n) is 3.12. The Hall–Kier alpha value is -1.99. The summed E-state index contributed by atoms with van der Waals surface area (Å²) in [5.41, 5.74) is -2.05. The summed E-state index contributed by atoms with van der Waals surface area (Å²) in [6.07, 6.45) is -0.452. The van der Waals surface area contributed by atoms with E-state index in [2.05, 4.69) is 5.32 Å². The molecule has 1 aliphatic rings. The van der Waals surface area contributed by atoms with Gasteiger partial charge in [0, 0.05) is 19.6 Å². The number of amides is 2. The molecule has 0 aliphatic carbocycles. The lowest BCUT2D eigenvalue weighted by molar-refractivity contribution is -0.155. The van der Waals surface area contributed by atoms with Crippen molar-refractivity contribution in [2.75, 3.05) is 26.2 Å². The van der Waals surface area contributed by atoms with Crippen molar-refractivity contribution in [3.8, 4) is 0 Å². The quantitative estimate of drug-likeness (QED) is 0.562. The molecule has 0 aromatic carbocycles. The van der Waals surface area contributed by atoms with Gasteiger partial charge in [-0.2, -0.15) is 0 Å². The number of hydrogen-bond donors (Lipinski definition) is 1. The third-order valence-electron chi connectivity index (χ3n) is 4.42. The zero-order chi connectivity index (χ0) is 21.8. The van der Waals surface area contributed by atoms with Crippen LogP contribution in [0.4, 0.5) is 9.59 Å². The molecule has 1 saturated heterocycles. The molecule has 1 N–H and O–H groups in total. The summed E-state index contributed by atoms with van der Waals surface area (Å²) in [7, 11) is 0. The van der Waals surface area contributed by atoms with Gasteiger partial charge in [-0.15, -0.1) is 0 Å². The summed E-state index contributed by atoms with van der Waals surface area (Å²) in [5, 5.41) is 2.71. The van der Waals surface area contributed by atoms with E-state index in [0.717, 1.165) is 0 Å². The maximum Gasteiger partial charge on any atom is 0.410 e. The van der Waals surface area contributed by atoms with Gasteiger partial charge >= 0.3 is 18.2 Å². The normalized spacial score (nSPS) is 22.6. The highest BCUT2D eigenvalue weighted by molar-refractivity contribution is 5.79. The highest BCUT2D eigenvalue weighted by Crippen LogP contribution is 2.39. The number of carbonyl (C=O) groups excluding carboxylic acids is 3. The van der Waals surface area contributed by atoms with Crippen molar-refractivity contribution in [3.63, 3.8) is 0 Å². The van der Waals surface area contributed by atoms with Crippen molar-refractivity contribution in [1.29, 1.82) is 0 Å². The van der Waals surface area contributed by atoms with Crippen LogP contribution in [0.15, 0.2) is 0 Å². The van der Waals surface area contributed by atoms with Crippen molar-refractivity contribution in [3.05, 3.63) is 0 Å². The average Bonchev–Trinajstić information content (AvgIpc) is 2.83. The molecule has 162 valence electrons. The van der Waals surface area contributed by atoms with Crippen molar-refractivity contribution >= 4 is 18.2 Å². The number of ether oxygens (including phenoxy) is 3. The molecule has 0 aromatic rings. The second-order valence-corrected chi connectivity index (χ2v) is 9.41. The molecule has 8 heteroatoms. The number of nitrogens with zero attached hydrogens (tertiary/aromatic N) is 1. The van der Waals surface area contributed by atoms with E-state index in [9.17, 15) is 14.4 Å². The minimum Gasteiger partial charge on any atom is -0.466 e. The highest BCUT2D eigenvalue weighted by atomic mass is 16.6. The van der Waals surface area contributed by atoms with Gasteiger partial charge in [-0.1, -0.05) is 0 Å². The van der Waals surface area contributed by atoms with E-state index < -0.39 is 28.8 Å². The first-order chi connectivity index (χ1) is 12.7. The molecule has 0 saturated carbocycles. The number of esters is 1. The summed E-state index contributed by atoms with van der Waals surface area (Å²) in [6.45, 7) is 15.5. The maximum absolute atomic E-state index is 12.6. The molecular formula is C20H36N2O6. The van der Waals surface area contributed by atoms with Gasteiger partial charge in [-0.25, -0.2) is 9.59 Å². The van der Waals surface area contributed by atoms with E-state index >= 15 is 0 Å². The summed E-state index contributed by atoms with van der Waals surface area (Å²) < 4.78 is 15.9. The molecule has 1 aliphatic heterocycles.